The van der Waals surface area contributed by atoms with E-state index >= 15 is 0 Å². The highest BCUT2D eigenvalue weighted by atomic mass is 16.2. The van der Waals surface area contributed by atoms with Gasteiger partial charge in [0.15, 0.2) is 0 Å². The van der Waals surface area contributed by atoms with Crippen LogP contribution in [0.1, 0.15) is 61.4 Å². The summed E-state index contributed by atoms with van der Waals surface area (Å²) < 4.78 is 3.44. The van der Waals surface area contributed by atoms with Crippen molar-refractivity contribution < 1.29 is 0 Å². The highest BCUT2D eigenvalue weighted by Gasteiger charge is 2.29. The zero-order valence-electron chi connectivity index (χ0n) is 13.6. The van der Waals surface area contributed by atoms with E-state index in [9.17, 15) is 14.4 Å². The predicted octanol–water partition coefficient (Wildman–Crippen LogP) is 1.26. The van der Waals surface area contributed by atoms with E-state index in [0.29, 0.717) is 0 Å². The number of hydrogen-bond donors (Lipinski definition) is 0. The molecule has 0 amide bonds. The van der Waals surface area contributed by atoms with Gasteiger partial charge < -0.3 is 0 Å². The van der Waals surface area contributed by atoms with Crippen molar-refractivity contribution in [2.24, 2.45) is 0 Å². The summed E-state index contributed by atoms with van der Waals surface area (Å²) in [6.45, 7) is 14.2. The molecule has 6 nitrogen and oxygen atoms in total. The second-order valence-corrected chi connectivity index (χ2v) is 7.32. The lowest BCUT2D eigenvalue weighted by Crippen LogP contribution is -2.61. The number of aromatic nitrogens is 3. The topological polar surface area (TPSA) is 66.0 Å². The molecule has 0 aromatic carbocycles. The highest BCUT2D eigenvalue weighted by Crippen LogP contribution is 2.11. The van der Waals surface area contributed by atoms with E-state index in [1.165, 1.54) is 0 Å². The van der Waals surface area contributed by atoms with Crippen LogP contribution in [0.15, 0.2) is 14.4 Å². The Morgan fingerprint density at radius 2 is 1.00 bits per heavy atom. The Hall–Kier alpha value is -1.59. The summed E-state index contributed by atoms with van der Waals surface area (Å²) >= 11 is 0. The molecule has 0 bridgehead atoms. The van der Waals surface area contributed by atoms with Crippen LogP contribution in [-0.4, -0.2) is 13.7 Å². The van der Waals surface area contributed by atoms with Gasteiger partial charge in [-0.15, -0.1) is 0 Å². The van der Waals surface area contributed by atoms with E-state index in [-0.39, 0.29) is 6.04 Å². The van der Waals surface area contributed by atoms with Crippen molar-refractivity contribution in [3.63, 3.8) is 0 Å². The molecular formula is C14H25N3O3. The lowest BCUT2D eigenvalue weighted by atomic mass is 10.1. The Labute approximate surface area is 118 Å². The van der Waals surface area contributed by atoms with Crippen molar-refractivity contribution >= 4 is 0 Å². The van der Waals surface area contributed by atoms with Gasteiger partial charge >= 0.3 is 17.1 Å². The third kappa shape index (κ3) is 2.64. The molecular weight excluding hydrogens is 258 g/mol. The number of nitrogens with zero attached hydrogens (tertiary/aromatic N) is 3. The summed E-state index contributed by atoms with van der Waals surface area (Å²) in [7, 11) is 0. The smallest absolute Gasteiger partial charge is 0.247 e. The van der Waals surface area contributed by atoms with Crippen LogP contribution in [0.4, 0.5) is 0 Å². The van der Waals surface area contributed by atoms with Gasteiger partial charge in [-0.2, -0.15) is 0 Å². The van der Waals surface area contributed by atoms with Gasteiger partial charge in [0.25, 0.3) is 0 Å². The number of rotatable bonds is 1. The van der Waals surface area contributed by atoms with Crippen molar-refractivity contribution in [2.45, 2.75) is 72.5 Å². The average molecular weight is 283 g/mol. The van der Waals surface area contributed by atoms with Crippen LogP contribution in [0.2, 0.25) is 0 Å². The van der Waals surface area contributed by atoms with Crippen molar-refractivity contribution in [2.75, 3.05) is 0 Å². The summed E-state index contributed by atoms with van der Waals surface area (Å²) in [5.74, 6) is 0. The van der Waals surface area contributed by atoms with Crippen LogP contribution in [-0.2, 0) is 11.1 Å². The van der Waals surface area contributed by atoms with Gasteiger partial charge in [0.1, 0.15) is 0 Å². The van der Waals surface area contributed by atoms with Gasteiger partial charge in [-0.3, -0.25) is 0 Å². The maximum Gasteiger partial charge on any atom is 0.337 e. The van der Waals surface area contributed by atoms with Crippen LogP contribution in [0, 0.1) is 0 Å². The van der Waals surface area contributed by atoms with Crippen molar-refractivity contribution in [1.82, 2.24) is 13.7 Å². The zero-order valence-corrected chi connectivity index (χ0v) is 13.6. The van der Waals surface area contributed by atoms with Crippen molar-refractivity contribution in [1.29, 1.82) is 0 Å². The molecule has 6 heteroatoms. The van der Waals surface area contributed by atoms with E-state index < -0.39 is 28.1 Å². The second-order valence-electron chi connectivity index (χ2n) is 7.32. The molecule has 1 aromatic heterocycles. The van der Waals surface area contributed by atoms with E-state index in [2.05, 4.69) is 0 Å². The first kappa shape index (κ1) is 16.5. The summed E-state index contributed by atoms with van der Waals surface area (Å²) in [4.78, 5) is 37.6. The highest BCUT2D eigenvalue weighted by molar-refractivity contribution is 4.90. The minimum atomic E-state index is -0.689. The van der Waals surface area contributed by atoms with Gasteiger partial charge in [-0.1, -0.05) is 0 Å². The fourth-order valence-electron chi connectivity index (χ4n) is 2.15. The molecule has 0 unspecified atom stereocenters. The van der Waals surface area contributed by atoms with Gasteiger partial charge in [-0.25, -0.2) is 28.1 Å². The molecule has 0 atom stereocenters. The summed E-state index contributed by atoms with van der Waals surface area (Å²) in [6.07, 6.45) is 0. The molecule has 0 aliphatic carbocycles. The van der Waals surface area contributed by atoms with Crippen LogP contribution in [0.5, 0.6) is 0 Å². The minimum absolute atomic E-state index is 0.308. The van der Waals surface area contributed by atoms with Crippen molar-refractivity contribution in [3.8, 4) is 0 Å². The van der Waals surface area contributed by atoms with Crippen LogP contribution in [0.3, 0.4) is 0 Å². The fourth-order valence-corrected chi connectivity index (χ4v) is 2.15. The first-order chi connectivity index (χ1) is 8.80. The zero-order chi connectivity index (χ0) is 16.0. The van der Waals surface area contributed by atoms with Gasteiger partial charge in [0.05, 0.1) is 0 Å². The van der Waals surface area contributed by atoms with Crippen LogP contribution in [0.25, 0.3) is 0 Å². The first-order valence-electron chi connectivity index (χ1n) is 6.81. The molecule has 0 fully saturated rings. The Kier molecular flexibility index (Phi) is 3.91. The average Bonchev–Trinajstić information content (AvgIpc) is 2.09. The van der Waals surface area contributed by atoms with Gasteiger partial charge in [0.2, 0.25) is 0 Å². The molecule has 0 aliphatic rings. The molecule has 114 valence electrons. The van der Waals surface area contributed by atoms with Gasteiger partial charge in [-0.05, 0) is 55.4 Å². The van der Waals surface area contributed by atoms with E-state index in [4.69, 9.17) is 0 Å². The quantitative estimate of drug-likeness (QED) is 0.779. The standard InChI is InChI=1S/C14H25N3O3/c1-9(2)15-10(18)16(13(3,4)5)12(20)17(11(15)19)14(6,7)8/h9H,1-8H3. The van der Waals surface area contributed by atoms with Crippen LogP contribution < -0.4 is 17.1 Å². The lowest BCUT2D eigenvalue weighted by Gasteiger charge is -2.28. The molecule has 20 heavy (non-hydrogen) atoms. The number of hydrogen-bond acceptors (Lipinski definition) is 3. The minimum Gasteiger partial charge on any atom is -0.247 e. The third-order valence-electron chi connectivity index (χ3n) is 3.04. The predicted molar refractivity (Wildman–Crippen MR) is 79.6 cm³/mol. The SMILES string of the molecule is CC(C)n1c(=O)n(C(C)(C)C)c(=O)n(C(C)(C)C)c1=O. The second kappa shape index (κ2) is 4.75. The van der Waals surface area contributed by atoms with Crippen molar-refractivity contribution in [3.05, 3.63) is 31.5 Å². The molecule has 0 saturated carbocycles. The third-order valence-corrected chi connectivity index (χ3v) is 3.04. The van der Waals surface area contributed by atoms with Crippen LogP contribution >= 0.6 is 0 Å². The summed E-state index contributed by atoms with van der Waals surface area (Å²) in [6, 6.07) is -0.308. The molecule has 0 radical (unpaired) electrons. The molecule has 0 N–H and O–H groups in total. The maximum atomic E-state index is 12.6. The molecule has 0 aliphatic heterocycles. The lowest BCUT2D eigenvalue weighted by molar-refractivity contribution is 0.267. The molecule has 1 aromatic rings. The fraction of sp³-hybridized carbons (Fsp3) is 0.786. The molecule has 0 saturated heterocycles. The molecule has 1 heterocycles. The maximum absolute atomic E-state index is 12.6. The monoisotopic (exact) mass is 283 g/mol. The van der Waals surface area contributed by atoms with E-state index in [1.54, 1.807) is 55.4 Å². The molecule has 1 rings (SSSR count). The Bertz CT molecular complexity index is 624. The Morgan fingerprint density at radius 3 is 1.20 bits per heavy atom. The van der Waals surface area contributed by atoms with Gasteiger partial charge in [0, 0.05) is 17.1 Å². The molecule has 0 spiro atoms. The van der Waals surface area contributed by atoms with E-state index in [1.807, 2.05) is 0 Å². The summed E-state index contributed by atoms with van der Waals surface area (Å²) in [5.41, 5.74) is -3.04. The summed E-state index contributed by atoms with van der Waals surface area (Å²) in [5, 5.41) is 0. The largest absolute Gasteiger partial charge is 0.337 e. The Morgan fingerprint density at radius 1 is 0.700 bits per heavy atom. The van der Waals surface area contributed by atoms with E-state index in [0.717, 1.165) is 13.7 Å². The Balaban J connectivity index is 4.13. The normalized spacial score (nSPS) is 13.1. The first-order valence-corrected chi connectivity index (χ1v) is 6.81.